The van der Waals surface area contributed by atoms with Crippen molar-refractivity contribution in [2.75, 3.05) is 5.32 Å². The molecule has 0 aliphatic heterocycles. The van der Waals surface area contributed by atoms with Gasteiger partial charge in [0.2, 0.25) is 5.91 Å². The molecule has 0 radical (unpaired) electrons. The van der Waals surface area contributed by atoms with Crippen LogP contribution in [0.15, 0.2) is 54.6 Å². The van der Waals surface area contributed by atoms with Gasteiger partial charge in [-0.2, -0.15) is 0 Å². The van der Waals surface area contributed by atoms with Gasteiger partial charge in [0.25, 0.3) is 5.91 Å². The molecule has 126 valence electrons. The Hall–Kier alpha value is -2.66. The molecule has 0 saturated carbocycles. The Balaban J connectivity index is 1.94. The summed E-state index contributed by atoms with van der Waals surface area (Å²) in [5.41, 5.74) is 1.97. The van der Waals surface area contributed by atoms with E-state index in [2.05, 4.69) is 10.6 Å². The first kappa shape index (κ1) is 17.7. The van der Waals surface area contributed by atoms with Crippen molar-refractivity contribution in [1.82, 2.24) is 5.32 Å². The molecule has 24 heavy (non-hydrogen) atoms. The largest absolute Gasteiger partial charge is 0.378 e. The summed E-state index contributed by atoms with van der Waals surface area (Å²) < 4.78 is 0. The number of aliphatic hydroxyl groups is 1. The van der Waals surface area contributed by atoms with E-state index < -0.39 is 12.0 Å². The molecule has 0 bridgehead atoms. The third-order valence-corrected chi connectivity index (χ3v) is 3.40. The standard InChI is InChI=1S/C19H22N2O3/c1-13(2)20-17(22)12-14-8-10-16(11-9-14)21-19(24)18(23)15-6-4-3-5-7-15/h3-11,13,18,23H,12H2,1-2H3,(H,20,22)(H,21,24). The average molecular weight is 326 g/mol. The fourth-order valence-corrected chi connectivity index (χ4v) is 2.26. The molecule has 0 fully saturated rings. The summed E-state index contributed by atoms with van der Waals surface area (Å²) in [6.45, 7) is 3.82. The summed E-state index contributed by atoms with van der Waals surface area (Å²) >= 11 is 0. The average Bonchev–Trinajstić information content (AvgIpc) is 2.56. The van der Waals surface area contributed by atoms with E-state index in [1.807, 2.05) is 19.9 Å². The Morgan fingerprint density at radius 1 is 1.00 bits per heavy atom. The molecule has 5 heteroatoms. The topological polar surface area (TPSA) is 78.4 Å². The molecular weight excluding hydrogens is 304 g/mol. The summed E-state index contributed by atoms with van der Waals surface area (Å²) in [5.74, 6) is -0.534. The lowest BCUT2D eigenvalue weighted by Crippen LogP contribution is -2.31. The predicted molar refractivity (Wildman–Crippen MR) is 93.5 cm³/mol. The lowest BCUT2D eigenvalue weighted by atomic mass is 10.1. The van der Waals surface area contributed by atoms with Crippen LogP contribution >= 0.6 is 0 Å². The fraction of sp³-hybridized carbons (Fsp3) is 0.263. The highest BCUT2D eigenvalue weighted by Crippen LogP contribution is 2.16. The Labute approximate surface area is 141 Å². The second-order valence-corrected chi connectivity index (χ2v) is 5.90. The summed E-state index contributed by atoms with van der Waals surface area (Å²) in [6, 6.07) is 15.8. The lowest BCUT2D eigenvalue weighted by Gasteiger charge is -2.12. The number of aliphatic hydroxyl groups excluding tert-OH is 1. The molecule has 0 spiro atoms. The predicted octanol–water partition coefficient (Wildman–Crippen LogP) is 2.43. The van der Waals surface area contributed by atoms with Crippen molar-refractivity contribution < 1.29 is 14.7 Å². The Kier molecular flexibility index (Phi) is 6.09. The van der Waals surface area contributed by atoms with Gasteiger partial charge in [-0.3, -0.25) is 9.59 Å². The molecule has 2 amide bonds. The number of hydrogen-bond donors (Lipinski definition) is 3. The molecule has 1 atom stereocenters. The maximum absolute atomic E-state index is 12.1. The first-order chi connectivity index (χ1) is 11.5. The summed E-state index contributed by atoms with van der Waals surface area (Å²) in [7, 11) is 0. The molecule has 0 aliphatic carbocycles. The van der Waals surface area contributed by atoms with Crippen LogP contribution in [0.1, 0.15) is 31.1 Å². The molecule has 2 aromatic rings. The molecule has 0 aromatic heterocycles. The van der Waals surface area contributed by atoms with Gasteiger partial charge in [-0.05, 0) is 37.1 Å². The smallest absolute Gasteiger partial charge is 0.257 e. The molecule has 5 nitrogen and oxygen atoms in total. The minimum absolute atomic E-state index is 0.0405. The van der Waals surface area contributed by atoms with Gasteiger partial charge in [-0.15, -0.1) is 0 Å². The van der Waals surface area contributed by atoms with E-state index in [0.717, 1.165) is 5.56 Å². The minimum atomic E-state index is -1.22. The minimum Gasteiger partial charge on any atom is -0.378 e. The number of nitrogens with one attached hydrogen (secondary N) is 2. The van der Waals surface area contributed by atoms with Crippen LogP contribution in [-0.4, -0.2) is 23.0 Å². The maximum atomic E-state index is 12.1. The number of amides is 2. The van der Waals surface area contributed by atoms with Crippen LogP contribution in [0, 0.1) is 0 Å². The molecular formula is C19H22N2O3. The zero-order chi connectivity index (χ0) is 17.5. The fourth-order valence-electron chi connectivity index (χ4n) is 2.26. The van der Waals surface area contributed by atoms with Crippen molar-refractivity contribution in [2.24, 2.45) is 0 Å². The summed E-state index contributed by atoms with van der Waals surface area (Å²) in [6.07, 6.45) is -0.929. The summed E-state index contributed by atoms with van der Waals surface area (Å²) in [5, 5.41) is 15.5. The van der Waals surface area contributed by atoms with Gasteiger partial charge in [-0.1, -0.05) is 42.5 Å². The Morgan fingerprint density at radius 2 is 1.62 bits per heavy atom. The van der Waals surface area contributed by atoms with Crippen molar-refractivity contribution in [3.05, 3.63) is 65.7 Å². The van der Waals surface area contributed by atoms with Gasteiger partial charge in [0, 0.05) is 11.7 Å². The van der Waals surface area contributed by atoms with Crippen LogP contribution in [0.3, 0.4) is 0 Å². The van der Waals surface area contributed by atoms with Gasteiger partial charge in [-0.25, -0.2) is 0 Å². The van der Waals surface area contributed by atoms with Gasteiger partial charge in [0.15, 0.2) is 6.10 Å². The van der Waals surface area contributed by atoms with Gasteiger partial charge < -0.3 is 15.7 Å². The van der Waals surface area contributed by atoms with Gasteiger partial charge in [0.1, 0.15) is 0 Å². The summed E-state index contributed by atoms with van der Waals surface area (Å²) in [4.78, 5) is 23.8. The monoisotopic (exact) mass is 326 g/mol. The van der Waals surface area contributed by atoms with Crippen molar-refractivity contribution >= 4 is 17.5 Å². The lowest BCUT2D eigenvalue weighted by molar-refractivity contribution is -0.124. The maximum Gasteiger partial charge on any atom is 0.257 e. The van der Waals surface area contributed by atoms with Crippen LogP contribution in [0.5, 0.6) is 0 Å². The highest BCUT2D eigenvalue weighted by Gasteiger charge is 2.17. The van der Waals surface area contributed by atoms with E-state index in [1.54, 1.807) is 48.5 Å². The zero-order valence-corrected chi connectivity index (χ0v) is 13.8. The van der Waals surface area contributed by atoms with E-state index in [4.69, 9.17) is 0 Å². The van der Waals surface area contributed by atoms with E-state index in [0.29, 0.717) is 17.7 Å². The van der Waals surface area contributed by atoms with Crippen LogP contribution in [-0.2, 0) is 16.0 Å². The second kappa shape index (κ2) is 8.26. The van der Waals surface area contributed by atoms with E-state index >= 15 is 0 Å². The molecule has 0 aliphatic rings. The molecule has 0 heterocycles. The molecule has 3 N–H and O–H groups in total. The van der Waals surface area contributed by atoms with Crippen molar-refractivity contribution in [2.45, 2.75) is 32.4 Å². The Morgan fingerprint density at radius 3 is 2.21 bits per heavy atom. The van der Waals surface area contributed by atoms with Crippen LogP contribution < -0.4 is 10.6 Å². The number of rotatable bonds is 6. The number of anilines is 1. The quantitative estimate of drug-likeness (QED) is 0.763. The van der Waals surface area contributed by atoms with Gasteiger partial charge >= 0.3 is 0 Å². The van der Waals surface area contributed by atoms with Crippen LogP contribution in [0.25, 0.3) is 0 Å². The molecule has 2 rings (SSSR count). The number of benzene rings is 2. The first-order valence-electron chi connectivity index (χ1n) is 7.88. The van der Waals surface area contributed by atoms with Crippen LogP contribution in [0.4, 0.5) is 5.69 Å². The first-order valence-corrected chi connectivity index (χ1v) is 7.88. The molecule has 1 unspecified atom stereocenters. The van der Waals surface area contributed by atoms with E-state index in [-0.39, 0.29) is 11.9 Å². The number of carbonyl (C=O) groups is 2. The third-order valence-electron chi connectivity index (χ3n) is 3.40. The SMILES string of the molecule is CC(C)NC(=O)Cc1ccc(NC(=O)C(O)c2ccccc2)cc1. The zero-order valence-electron chi connectivity index (χ0n) is 13.8. The number of hydrogen-bond acceptors (Lipinski definition) is 3. The second-order valence-electron chi connectivity index (χ2n) is 5.90. The van der Waals surface area contributed by atoms with Crippen molar-refractivity contribution in [1.29, 1.82) is 0 Å². The highest BCUT2D eigenvalue weighted by molar-refractivity contribution is 5.94. The van der Waals surface area contributed by atoms with E-state index in [1.165, 1.54) is 0 Å². The molecule has 2 aromatic carbocycles. The van der Waals surface area contributed by atoms with Gasteiger partial charge in [0.05, 0.1) is 6.42 Å². The normalized spacial score (nSPS) is 11.8. The highest BCUT2D eigenvalue weighted by atomic mass is 16.3. The van der Waals surface area contributed by atoms with Crippen molar-refractivity contribution in [3.8, 4) is 0 Å². The third kappa shape index (κ3) is 5.21. The van der Waals surface area contributed by atoms with Crippen molar-refractivity contribution in [3.63, 3.8) is 0 Å². The number of carbonyl (C=O) groups excluding carboxylic acids is 2. The molecule has 0 saturated heterocycles. The Bertz CT molecular complexity index is 682. The van der Waals surface area contributed by atoms with Crippen LogP contribution in [0.2, 0.25) is 0 Å². The van der Waals surface area contributed by atoms with E-state index in [9.17, 15) is 14.7 Å².